The van der Waals surface area contributed by atoms with Crippen molar-refractivity contribution >= 4 is 21.9 Å². The van der Waals surface area contributed by atoms with E-state index in [2.05, 4.69) is 47.1 Å². The largest absolute Gasteiger partial charge is 0.469 e. The molecule has 0 aliphatic heterocycles. The van der Waals surface area contributed by atoms with Crippen molar-refractivity contribution in [2.45, 2.75) is 27.2 Å². The first kappa shape index (κ1) is 17.4. The lowest BCUT2D eigenvalue weighted by molar-refractivity contribution is -0.139. The van der Waals surface area contributed by atoms with E-state index in [1.165, 1.54) is 12.7 Å². The van der Waals surface area contributed by atoms with E-state index in [-0.39, 0.29) is 12.4 Å². The van der Waals surface area contributed by atoms with Gasteiger partial charge in [0.25, 0.3) is 0 Å². The van der Waals surface area contributed by atoms with Crippen LogP contribution in [0.15, 0.2) is 46.9 Å². The third kappa shape index (κ3) is 5.35. The Labute approximate surface area is 135 Å². The van der Waals surface area contributed by atoms with Gasteiger partial charge in [0.05, 0.1) is 13.5 Å². The standard InChI is InChI=1S/C16H15BrO2.C2H6/c1-11-3-5-13(6-4-11)14-7-12(8-15(17)10-14)9-16(18)19-2;1-2/h3-8,10H,9H2,1-2H3;1-2H3. The molecule has 112 valence electrons. The van der Waals surface area contributed by atoms with Gasteiger partial charge in [-0.25, -0.2) is 0 Å². The van der Waals surface area contributed by atoms with E-state index in [1.807, 2.05) is 32.0 Å². The maximum atomic E-state index is 11.3. The molecule has 0 radical (unpaired) electrons. The summed E-state index contributed by atoms with van der Waals surface area (Å²) in [6.07, 6.45) is 0.287. The molecule has 0 amide bonds. The molecule has 2 nitrogen and oxygen atoms in total. The van der Waals surface area contributed by atoms with Gasteiger partial charge in [-0.3, -0.25) is 4.79 Å². The molecule has 2 aromatic carbocycles. The first-order chi connectivity index (χ1) is 10.1. The molecule has 0 atom stereocenters. The summed E-state index contributed by atoms with van der Waals surface area (Å²) in [6, 6.07) is 14.3. The number of carbonyl (C=O) groups excluding carboxylic acids is 1. The van der Waals surface area contributed by atoms with Gasteiger partial charge in [0.15, 0.2) is 0 Å². The van der Waals surface area contributed by atoms with Crippen molar-refractivity contribution < 1.29 is 9.53 Å². The van der Waals surface area contributed by atoms with Gasteiger partial charge in [0, 0.05) is 4.47 Å². The molecule has 0 aromatic heterocycles. The molecule has 0 unspecified atom stereocenters. The molecule has 0 aliphatic rings. The predicted molar refractivity (Wildman–Crippen MR) is 91.4 cm³/mol. The van der Waals surface area contributed by atoms with Crippen LogP contribution >= 0.6 is 15.9 Å². The van der Waals surface area contributed by atoms with Crippen molar-refractivity contribution in [3.05, 3.63) is 58.1 Å². The van der Waals surface area contributed by atoms with Crippen LogP contribution in [0, 0.1) is 6.92 Å². The number of methoxy groups -OCH3 is 1. The third-order valence-electron chi connectivity index (χ3n) is 2.92. The second-order valence-corrected chi connectivity index (χ2v) is 5.38. The molecule has 0 saturated carbocycles. The Morgan fingerprint density at radius 3 is 2.24 bits per heavy atom. The van der Waals surface area contributed by atoms with E-state index < -0.39 is 0 Å². The van der Waals surface area contributed by atoms with Crippen LogP contribution < -0.4 is 0 Å². The van der Waals surface area contributed by atoms with E-state index >= 15 is 0 Å². The SMILES string of the molecule is CC.COC(=O)Cc1cc(Br)cc(-c2ccc(C)cc2)c1. The minimum atomic E-state index is -0.229. The zero-order valence-electron chi connectivity index (χ0n) is 12.9. The summed E-state index contributed by atoms with van der Waals surface area (Å²) < 4.78 is 5.66. The van der Waals surface area contributed by atoms with Gasteiger partial charge in [0.1, 0.15) is 0 Å². The fourth-order valence-corrected chi connectivity index (χ4v) is 2.44. The summed E-state index contributed by atoms with van der Waals surface area (Å²) >= 11 is 3.48. The molecule has 2 rings (SSSR count). The Hall–Kier alpha value is -1.61. The predicted octanol–water partition coefficient (Wildman–Crippen LogP) is 5.17. The smallest absolute Gasteiger partial charge is 0.309 e. The second-order valence-electron chi connectivity index (χ2n) is 4.47. The summed E-state index contributed by atoms with van der Waals surface area (Å²) in [5, 5.41) is 0. The van der Waals surface area contributed by atoms with E-state index in [4.69, 9.17) is 4.74 Å². The quantitative estimate of drug-likeness (QED) is 0.715. The van der Waals surface area contributed by atoms with E-state index in [9.17, 15) is 4.79 Å². The molecule has 0 aliphatic carbocycles. The summed E-state index contributed by atoms with van der Waals surface area (Å²) in [5.41, 5.74) is 4.40. The van der Waals surface area contributed by atoms with Gasteiger partial charge >= 0.3 is 5.97 Å². The average Bonchev–Trinajstić information content (AvgIpc) is 2.49. The lowest BCUT2D eigenvalue weighted by Gasteiger charge is -2.07. The Kier molecular flexibility index (Phi) is 7.17. The van der Waals surface area contributed by atoms with Crippen LogP contribution in [0.3, 0.4) is 0 Å². The van der Waals surface area contributed by atoms with E-state index in [0.29, 0.717) is 0 Å². The van der Waals surface area contributed by atoms with Gasteiger partial charge < -0.3 is 4.74 Å². The Balaban J connectivity index is 0.00000106. The number of carbonyl (C=O) groups is 1. The molecule has 21 heavy (non-hydrogen) atoms. The summed E-state index contributed by atoms with van der Waals surface area (Å²) in [4.78, 5) is 11.3. The van der Waals surface area contributed by atoms with Gasteiger partial charge in [-0.2, -0.15) is 0 Å². The molecular formula is C18H21BrO2. The summed E-state index contributed by atoms with van der Waals surface area (Å²) in [6.45, 7) is 6.06. The molecule has 0 saturated heterocycles. The number of aryl methyl sites for hydroxylation is 1. The zero-order valence-corrected chi connectivity index (χ0v) is 14.5. The number of rotatable bonds is 3. The van der Waals surface area contributed by atoms with Crippen molar-refractivity contribution in [1.29, 1.82) is 0 Å². The number of halogens is 1. The number of esters is 1. The number of ether oxygens (including phenoxy) is 1. The van der Waals surface area contributed by atoms with Gasteiger partial charge in [-0.05, 0) is 35.7 Å². The van der Waals surface area contributed by atoms with Crippen molar-refractivity contribution in [3.8, 4) is 11.1 Å². The van der Waals surface area contributed by atoms with Crippen LogP contribution in [-0.4, -0.2) is 13.1 Å². The zero-order chi connectivity index (χ0) is 15.8. The second kappa shape index (κ2) is 8.63. The van der Waals surface area contributed by atoms with Crippen molar-refractivity contribution in [3.63, 3.8) is 0 Å². The third-order valence-corrected chi connectivity index (χ3v) is 3.38. The first-order valence-corrected chi connectivity index (χ1v) is 7.81. The van der Waals surface area contributed by atoms with Crippen molar-refractivity contribution in [2.75, 3.05) is 7.11 Å². The van der Waals surface area contributed by atoms with Crippen molar-refractivity contribution in [2.24, 2.45) is 0 Å². The Morgan fingerprint density at radius 1 is 1.05 bits per heavy atom. The molecule has 3 heteroatoms. The fraction of sp³-hybridized carbons (Fsp3) is 0.278. The van der Waals surface area contributed by atoms with E-state index in [0.717, 1.165) is 21.2 Å². The highest BCUT2D eigenvalue weighted by Gasteiger charge is 2.06. The number of benzene rings is 2. The Morgan fingerprint density at radius 2 is 1.67 bits per heavy atom. The molecule has 0 bridgehead atoms. The highest BCUT2D eigenvalue weighted by atomic mass is 79.9. The topological polar surface area (TPSA) is 26.3 Å². The monoisotopic (exact) mass is 348 g/mol. The number of hydrogen-bond acceptors (Lipinski definition) is 2. The average molecular weight is 349 g/mol. The number of hydrogen-bond donors (Lipinski definition) is 0. The maximum absolute atomic E-state index is 11.3. The maximum Gasteiger partial charge on any atom is 0.309 e. The van der Waals surface area contributed by atoms with Crippen LogP contribution in [0.4, 0.5) is 0 Å². The lowest BCUT2D eigenvalue weighted by Crippen LogP contribution is -2.04. The lowest BCUT2D eigenvalue weighted by atomic mass is 10.0. The molecule has 0 N–H and O–H groups in total. The molecule has 0 fully saturated rings. The molecule has 0 heterocycles. The van der Waals surface area contributed by atoms with Crippen LogP contribution in [-0.2, 0) is 16.0 Å². The summed E-state index contributed by atoms with van der Waals surface area (Å²) in [7, 11) is 1.40. The Bertz CT molecular complexity index is 589. The van der Waals surface area contributed by atoms with Crippen molar-refractivity contribution in [1.82, 2.24) is 0 Å². The van der Waals surface area contributed by atoms with Crippen LogP contribution in [0.2, 0.25) is 0 Å². The first-order valence-electron chi connectivity index (χ1n) is 7.02. The van der Waals surface area contributed by atoms with Crippen LogP contribution in [0.5, 0.6) is 0 Å². The highest BCUT2D eigenvalue weighted by Crippen LogP contribution is 2.25. The molecular weight excluding hydrogens is 328 g/mol. The van der Waals surface area contributed by atoms with Crippen LogP contribution in [0.1, 0.15) is 25.0 Å². The van der Waals surface area contributed by atoms with Gasteiger partial charge in [0.2, 0.25) is 0 Å². The van der Waals surface area contributed by atoms with Gasteiger partial charge in [-0.1, -0.05) is 65.7 Å². The highest BCUT2D eigenvalue weighted by molar-refractivity contribution is 9.10. The fourth-order valence-electron chi connectivity index (χ4n) is 1.90. The van der Waals surface area contributed by atoms with E-state index in [1.54, 1.807) is 0 Å². The molecule has 0 spiro atoms. The van der Waals surface area contributed by atoms with Gasteiger partial charge in [-0.15, -0.1) is 0 Å². The minimum Gasteiger partial charge on any atom is -0.469 e. The normalized spacial score (nSPS) is 9.57. The van der Waals surface area contributed by atoms with Crippen LogP contribution in [0.25, 0.3) is 11.1 Å². The summed E-state index contributed by atoms with van der Waals surface area (Å²) in [5.74, 6) is -0.229. The minimum absolute atomic E-state index is 0.229. The molecule has 2 aromatic rings.